The zero-order chi connectivity index (χ0) is 29.1. The van der Waals surface area contributed by atoms with Gasteiger partial charge in [0.2, 0.25) is 0 Å². The third-order valence-corrected chi connectivity index (χ3v) is 8.10. The molecule has 4 aromatic rings. The van der Waals surface area contributed by atoms with E-state index in [1.165, 1.54) is 26.3 Å². The van der Waals surface area contributed by atoms with Gasteiger partial charge in [0, 0.05) is 35.5 Å². The molecule has 2 amide bonds. The van der Waals surface area contributed by atoms with Crippen LogP contribution in [0.1, 0.15) is 65.3 Å². The summed E-state index contributed by atoms with van der Waals surface area (Å²) in [7, 11) is 2.88. The smallest absolute Gasteiger partial charge is 0.305 e. The molecule has 1 aliphatic rings. The average Bonchev–Trinajstić information content (AvgIpc) is 3.35. The molecule has 1 aliphatic carbocycles. The highest BCUT2D eigenvalue weighted by atomic mass is 19.1. The van der Waals surface area contributed by atoms with Crippen LogP contribution in [-0.4, -0.2) is 37.5 Å². The van der Waals surface area contributed by atoms with Gasteiger partial charge in [-0.1, -0.05) is 19.1 Å². The second kappa shape index (κ2) is 11.6. The van der Waals surface area contributed by atoms with Gasteiger partial charge in [-0.2, -0.15) is 0 Å². The van der Waals surface area contributed by atoms with E-state index in [4.69, 9.17) is 9.15 Å². The normalized spacial score (nSPS) is 13.9. The van der Waals surface area contributed by atoms with E-state index >= 15 is 0 Å². The van der Waals surface area contributed by atoms with Crippen LogP contribution in [0.25, 0.3) is 33.4 Å². The molecular weight excluding hydrogens is 523 g/mol. The first-order valence-corrected chi connectivity index (χ1v) is 13.8. The Morgan fingerprint density at radius 2 is 1.76 bits per heavy atom. The van der Waals surface area contributed by atoms with Crippen molar-refractivity contribution >= 4 is 28.8 Å². The summed E-state index contributed by atoms with van der Waals surface area (Å²) in [4.78, 5) is 38.4. The molecule has 3 aromatic carbocycles. The maximum Gasteiger partial charge on any atom is 0.305 e. The summed E-state index contributed by atoms with van der Waals surface area (Å²) in [5.41, 5.74) is 4.05. The molecule has 5 rings (SSSR count). The molecule has 2 N–H and O–H groups in total. The topological polar surface area (TPSA) is 97.6 Å². The number of fused-ring (bicyclic) bond motifs is 1. The predicted octanol–water partition coefficient (Wildman–Crippen LogP) is 6.43. The summed E-state index contributed by atoms with van der Waals surface area (Å²) in [6, 6.07) is 16.8. The van der Waals surface area contributed by atoms with Gasteiger partial charge < -0.3 is 19.8 Å². The molecule has 8 heteroatoms. The van der Waals surface area contributed by atoms with Crippen LogP contribution in [0.5, 0.6) is 0 Å². The third-order valence-electron chi connectivity index (χ3n) is 8.10. The van der Waals surface area contributed by atoms with E-state index in [-0.39, 0.29) is 29.7 Å². The Kier molecular flexibility index (Phi) is 7.92. The second-order valence-electron chi connectivity index (χ2n) is 10.5. The van der Waals surface area contributed by atoms with Crippen molar-refractivity contribution in [2.45, 2.75) is 51.0 Å². The molecule has 212 valence electrons. The fraction of sp³-hybridized carbons (Fsp3) is 0.303. The van der Waals surface area contributed by atoms with Crippen molar-refractivity contribution in [3.63, 3.8) is 0 Å². The Hall–Kier alpha value is -4.46. The molecule has 1 aromatic heterocycles. The SMILES string of the molecule is CCC1(NC(=O)c2cccc(-c3cc4c(C(=O)NC)c(-c5ccc(F)cc5)oc4cc3CCC(=O)OC)c2)CCC1. The summed E-state index contributed by atoms with van der Waals surface area (Å²) in [6.07, 6.45) is 4.43. The molecule has 7 nitrogen and oxygen atoms in total. The number of furan rings is 1. The summed E-state index contributed by atoms with van der Waals surface area (Å²) in [5.74, 6) is -0.917. The van der Waals surface area contributed by atoms with Gasteiger partial charge in [0.05, 0.1) is 12.7 Å². The molecular formula is C33H33FN2O5. The lowest BCUT2D eigenvalue weighted by atomic mass is 9.74. The van der Waals surface area contributed by atoms with E-state index in [0.717, 1.165) is 42.4 Å². The van der Waals surface area contributed by atoms with E-state index < -0.39 is 5.82 Å². The monoisotopic (exact) mass is 556 g/mol. The predicted molar refractivity (Wildman–Crippen MR) is 155 cm³/mol. The van der Waals surface area contributed by atoms with Crippen LogP contribution in [0.2, 0.25) is 0 Å². The van der Waals surface area contributed by atoms with Gasteiger partial charge >= 0.3 is 5.97 Å². The van der Waals surface area contributed by atoms with Crippen molar-refractivity contribution in [3.8, 4) is 22.5 Å². The van der Waals surface area contributed by atoms with E-state index in [9.17, 15) is 18.8 Å². The van der Waals surface area contributed by atoms with Crippen molar-refractivity contribution in [2.75, 3.05) is 14.2 Å². The van der Waals surface area contributed by atoms with E-state index in [1.807, 2.05) is 30.3 Å². The molecule has 1 fully saturated rings. The minimum Gasteiger partial charge on any atom is -0.469 e. The summed E-state index contributed by atoms with van der Waals surface area (Å²) in [5, 5.41) is 6.47. The van der Waals surface area contributed by atoms with Crippen LogP contribution in [0.15, 0.2) is 65.1 Å². The third kappa shape index (κ3) is 5.59. The Labute approximate surface area is 238 Å². The zero-order valence-corrected chi connectivity index (χ0v) is 23.4. The van der Waals surface area contributed by atoms with Gasteiger partial charge in [0.15, 0.2) is 0 Å². The number of nitrogens with one attached hydrogen (secondary N) is 2. The molecule has 1 saturated carbocycles. The zero-order valence-electron chi connectivity index (χ0n) is 23.4. The van der Waals surface area contributed by atoms with E-state index in [0.29, 0.717) is 39.8 Å². The number of esters is 1. The number of hydrogen-bond donors (Lipinski definition) is 2. The van der Waals surface area contributed by atoms with E-state index in [1.54, 1.807) is 18.2 Å². The molecule has 0 spiro atoms. The molecule has 1 heterocycles. The van der Waals surface area contributed by atoms with Gasteiger partial charge in [0.1, 0.15) is 17.2 Å². The van der Waals surface area contributed by atoms with Crippen molar-refractivity contribution in [3.05, 3.63) is 83.2 Å². The first-order valence-electron chi connectivity index (χ1n) is 13.8. The largest absolute Gasteiger partial charge is 0.469 e. The lowest BCUT2D eigenvalue weighted by Crippen LogP contribution is -2.52. The molecule has 0 saturated heterocycles. The summed E-state index contributed by atoms with van der Waals surface area (Å²) >= 11 is 0. The van der Waals surface area contributed by atoms with Crippen molar-refractivity contribution in [1.29, 1.82) is 0 Å². The van der Waals surface area contributed by atoms with Crippen molar-refractivity contribution < 1.29 is 27.9 Å². The van der Waals surface area contributed by atoms with Gasteiger partial charge in [0.25, 0.3) is 11.8 Å². The number of ether oxygens (including phenoxy) is 1. The van der Waals surface area contributed by atoms with Gasteiger partial charge in [-0.15, -0.1) is 0 Å². The highest BCUT2D eigenvalue weighted by molar-refractivity contribution is 6.12. The Balaban J connectivity index is 1.64. The first-order chi connectivity index (χ1) is 19.8. The standard InChI is InChI=1S/C33H33FN2O5/c1-4-33(15-6-16-33)36-31(38)23-8-5-7-21(17-23)25-19-26-27(18-22(25)11-14-28(37)40-3)41-30(29(26)32(39)35-2)20-9-12-24(34)13-10-20/h5,7-10,12-13,17-19H,4,6,11,14-16H2,1-3H3,(H,35,39)(H,36,38). The highest BCUT2D eigenvalue weighted by Gasteiger charge is 2.36. The number of halogens is 1. The fourth-order valence-corrected chi connectivity index (χ4v) is 5.47. The number of methoxy groups -OCH3 is 1. The van der Waals surface area contributed by atoms with Crippen LogP contribution in [0.3, 0.4) is 0 Å². The van der Waals surface area contributed by atoms with Crippen LogP contribution in [-0.2, 0) is 16.0 Å². The lowest BCUT2D eigenvalue weighted by molar-refractivity contribution is -0.140. The number of carbonyl (C=O) groups is 3. The number of amides is 2. The van der Waals surface area contributed by atoms with Crippen molar-refractivity contribution in [1.82, 2.24) is 10.6 Å². The number of hydrogen-bond acceptors (Lipinski definition) is 5. The molecule has 0 aliphatic heterocycles. The van der Waals surface area contributed by atoms with Crippen LogP contribution in [0, 0.1) is 5.82 Å². The summed E-state index contributed by atoms with van der Waals surface area (Å²) < 4.78 is 24.7. The van der Waals surface area contributed by atoms with Crippen LogP contribution >= 0.6 is 0 Å². The Morgan fingerprint density at radius 1 is 1.00 bits per heavy atom. The number of carbonyl (C=O) groups excluding carboxylic acids is 3. The lowest BCUT2D eigenvalue weighted by Gasteiger charge is -2.42. The first kappa shape index (κ1) is 28.1. The van der Waals surface area contributed by atoms with Crippen molar-refractivity contribution in [2.24, 2.45) is 0 Å². The Morgan fingerprint density at radius 3 is 2.39 bits per heavy atom. The van der Waals surface area contributed by atoms with Gasteiger partial charge in [-0.25, -0.2) is 4.39 Å². The average molecular weight is 557 g/mol. The maximum absolute atomic E-state index is 13.7. The van der Waals surface area contributed by atoms with Crippen LogP contribution < -0.4 is 10.6 Å². The van der Waals surface area contributed by atoms with Crippen LogP contribution in [0.4, 0.5) is 4.39 Å². The van der Waals surface area contributed by atoms with Gasteiger partial charge in [-0.3, -0.25) is 14.4 Å². The number of aryl methyl sites for hydroxylation is 1. The maximum atomic E-state index is 13.7. The fourth-order valence-electron chi connectivity index (χ4n) is 5.47. The second-order valence-corrected chi connectivity index (χ2v) is 10.5. The minimum absolute atomic E-state index is 0.126. The van der Waals surface area contributed by atoms with E-state index in [2.05, 4.69) is 17.6 Å². The van der Waals surface area contributed by atoms with Gasteiger partial charge in [-0.05, 0) is 97.3 Å². The number of benzene rings is 3. The molecule has 0 bridgehead atoms. The molecule has 0 atom stereocenters. The highest BCUT2D eigenvalue weighted by Crippen LogP contribution is 2.39. The minimum atomic E-state index is -0.398. The molecule has 41 heavy (non-hydrogen) atoms. The summed E-state index contributed by atoms with van der Waals surface area (Å²) in [6.45, 7) is 2.09. The molecule has 0 radical (unpaired) electrons. The quantitative estimate of drug-likeness (QED) is 0.232. The Bertz CT molecular complexity index is 1610. The number of rotatable bonds is 9. The molecule has 0 unspecified atom stereocenters.